The minimum absolute atomic E-state index is 0.0233. The lowest BCUT2D eigenvalue weighted by Gasteiger charge is -2.26. The summed E-state index contributed by atoms with van der Waals surface area (Å²) in [6, 6.07) is -0.247. The third-order valence-electron chi connectivity index (χ3n) is 3.79. The van der Waals surface area contributed by atoms with Gasteiger partial charge in [0.2, 0.25) is 5.91 Å². The molecule has 2 N–H and O–H groups in total. The Labute approximate surface area is 102 Å². The van der Waals surface area contributed by atoms with Gasteiger partial charge in [-0.2, -0.15) is 0 Å². The van der Waals surface area contributed by atoms with E-state index in [2.05, 4.69) is 5.32 Å². The van der Waals surface area contributed by atoms with Crippen LogP contribution in [0.25, 0.3) is 0 Å². The number of nitrogens with zero attached hydrogens (tertiary/aromatic N) is 1. The molecule has 5 heteroatoms. The first kappa shape index (κ1) is 14.0. The number of likely N-dealkylation sites (tertiary alicyclic amines) is 1. The second kappa shape index (κ2) is 5.49. The van der Waals surface area contributed by atoms with Gasteiger partial charge in [0.05, 0.1) is 11.5 Å². The van der Waals surface area contributed by atoms with Crippen LogP contribution in [0, 0.1) is 5.41 Å². The Bertz CT molecular complexity index is 306. The van der Waals surface area contributed by atoms with E-state index >= 15 is 0 Å². The van der Waals surface area contributed by atoms with Gasteiger partial charge in [0.1, 0.15) is 0 Å². The summed E-state index contributed by atoms with van der Waals surface area (Å²) in [5, 5.41) is 12.0. The summed E-state index contributed by atoms with van der Waals surface area (Å²) in [4.78, 5) is 25.0. The van der Waals surface area contributed by atoms with Crippen LogP contribution in [0.5, 0.6) is 0 Å². The first-order valence-corrected chi connectivity index (χ1v) is 6.22. The minimum Gasteiger partial charge on any atom is -0.481 e. The van der Waals surface area contributed by atoms with Crippen LogP contribution in [0.1, 0.15) is 33.6 Å². The molecule has 1 rings (SSSR count). The fourth-order valence-electron chi connectivity index (χ4n) is 2.34. The third kappa shape index (κ3) is 2.77. The Morgan fingerprint density at radius 2 is 2.12 bits per heavy atom. The zero-order valence-electron chi connectivity index (χ0n) is 10.8. The van der Waals surface area contributed by atoms with Crippen LogP contribution in [-0.4, -0.2) is 47.6 Å². The molecule has 0 aromatic carbocycles. The van der Waals surface area contributed by atoms with E-state index in [9.17, 15) is 14.7 Å². The molecule has 0 spiro atoms. The molecule has 1 aliphatic rings. The van der Waals surface area contributed by atoms with Crippen LogP contribution in [0.4, 0.5) is 0 Å². The summed E-state index contributed by atoms with van der Waals surface area (Å²) >= 11 is 0. The predicted octanol–water partition coefficient (Wildman–Crippen LogP) is 0.698. The van der Waals surface area contributed by atoms with Crippen molar-refractivity contribution in [3.63, 3.8) is 0 Å². The number of likely N-dealkylation sites (N-methyl/N-ethyl adjacent to an activating group) is 1. The number of carboxylic acid groups (broad SMARTS) is 1. The molecule has 1 heterocycles. The summed E-state index contributed by atoms with van der Waals surface area (Å²) in [5.74, 6) is -0.768. The van der Waals surface area contributed by atoms with E-state index in [-0.39, 0.29) is 11.9 Å². The number of carboxylic acids is 1. The smallest absolute Gasteiger partial charge is 0.310 e. The van der Waals surface area contributed by atoms with Gasteiger partial charge in [-0.15, -0.1) is 0 Å². The normalized spacial score (nSPS) is 26.8. The molecule has 98 valence electrons. The molecule has 0 bridgehead atoms. The standard InChI is InChI=1S/C12H22N2O3/c1-4-12(11(16)17)6-7-14(8-12)9(3)10(15)13-5-2/h9H,4-8H2,1-3H3,(H,13,15)(H,16,17). The van der Waals surface area contributed by atoms with Crippen molar-refractivity contribution >= 4 is 11.9 Å². The van der Waals surface area contributed by atoms with Crippen molar-refractivity contribution in [2.75, 3.05) is 19.6 Å². The number of hydrogen-bond donors (Lipinski definition) is 2. The number of carbonyl (C=O) groups excluding carboxylic acids is 1. The summed E-state index contributed by atoms with van der Waals surface area (Å²) in [6.07, 6.45) is 1.24. The van der Waals surface area contributed by atoms with Crippen LogP contribution in [-0.2, 0) is 9.59 Å². The Balaban J connectivity index is 2.66. The van der Waals surface area contributed by atoms with Crippen molar-refractivity contribution < 1.29 is 14.7 Å². The van der Waals surface area contributed by atoms with Gasteiger partial charge in [0.15, 0.2) is 0 Å². The molecule has 1 fully saturated rings. The van der Waals surface area contributed by atoms with Crippen LogP contribution >= 0.6 is 0 Å². The van der Waals surface area contributed by atoms with E-state index in [1.807, 2.05) is 25.7 Å². The van der Waals surface area contributed by atoms with E-state index in [0.717, 1.165) is 0 Å². The third-order valence-corrected chi connectivity index (χ3v) is 3.79. The van der Waals surface area contributed by atoms with E-state index in [1.165, 1.54) is 0 Å². The zero-order valence-corrected chi connectivity index (χ0v) is 10.8. The molecule has 1 amide bonds. The fraction of sp³-hybridized carbons (Fsp3) is 0.833. The maximum absolute atomic E-state index is 11.7. The molecule has 0 aliphatic carbocycles. The minimum atomic E-state index is -0.745. The van der Waals surface area contributed by atoms with Gasteiger partial charge in [0, 0.05) is 19.6 Å². The van der Waals surface area contributed by atoms with Crippen molar-refractivity contribution in [3.05, 3.63) is 0 Å². The lowest BCUT2D eigenvalue weighted by molar-refractivity contribution is -0.148. The number of hydrogen-bond acceptors (Lipinski definition) is 3. The SMILES string of the molecule is CCNC(=O)C(C)N1CCC(CC)(C(=O)O)C1. The Morgan fingerprint density at radius 1 is 1.47 bits per heavy atom. The highest BCUT2D eigenvalue weighted by atomic mass is 16.4. The molecular formula is C12H22N2O3. The first-order chi connectivity index (χ1) is 7.96. The number of rotatable bonds is 5. The maximum atomic E-state index is 11.7. The Morgan fingerprint density at radius 3 is 2.53 bits per heavy atom. The highest BCUT2D eigenvalue weighted by Crippen LogP contribution is 2.35. The summed E-state index contributed by atoms with van der Waals surface area (Å²) in [7, 11) is 0. The van der Waals surface area contributed by atoms with Gasteiger partial charge < -0.3 is 10.4 Å². The van der Waals surface area contributed by atoms with Gasteiger partial charge >= 0.3 is 5.97 Å². The van der Waals surface area contributed by atoms with Gasteiger partial charge in [-0.3, -0.25) is 14.5 Å². The second-order valence-electron chi connectivity index (χ2n) is 4.73. The van der Waals surface area contributed by atoms with E-state index in [1.54, 1.807) is 0 Å². The molecule has 17 heavy (non-hydrogen) atoms. The van der Waals surface area contributed by atoms with Gasteiger partial charge in [-0.05, 0) is 26.7 Å². The molecular weight excluding hydrogens is 220 g/mol. The molecule has 0 radical (unpaired) electrons. The Kier molecular flexibility index (Phi) is 4.51. The van der Waals surface area contributed by atoms with Gasteiger partial charge in [-0.1, -0.05) is 6.92 Å². The molecule has 5 nitrogen and oxygen atoms in total. The average molecular weight is 242 g/mol. The Hall–Kier alpha value is -1.10. The number of amides is 1. The van der Waals surface area contributed by atoms with E-state index < -0.39 is 11.4 Å². The highest BCUT2D eigenvalue weighted by Gasteiger charge is 2.45. The topological polar surface area (TPSA) is 69.6 Å². The van der Waals surface area contributed by atoms with Crippen LogP contribution in [0.3, 0.4) is 0 Å². The van der Waals surface area contributed by atoms with Crippen LogP contribution in [0.2, 0.25) is 0 Å². The highest BCUT2D eigenvalue weighted by molar-refractivity contribution is 5.81. The van der Waals surface area contributed by atoms with Crippen LogP contribution in [0.15, 0.2) is 0 Å². The monoisotopic (exact) mass is 242 g/mol. The quantitative estimate of drug-likeness (QED) is 0.744. The second-order valence-corrected chi connectivity index (χ2v) is 4.73. The molecule has 0 saturated carbocycles. The molecule has 2 unspecified atom stereocenters. The van der Waals surface area contributed by atoms with Gasteiger partial charge in [-0.25, -0.2) is 0 Å². The molecule has 0 aromatic heterocycles. The van der Waals surface area contributed by atoms with Crippen molar-refractivity contribution in [2.45, 2.75) is 39.7 Å². The fourth-order valence-corrected chi connectivity index (χ4v) is 2.34. The number of carbonyl (C=O) groups is 2. The molecule has 2 atom stereocenters. The molecule has 1 aliphatic heterocycles. The average Bonchev–Trinajstić information content (AvgIpc) is 2.74. The van der Waals surface area contributed by atoms with E-state index in [4.69, 9.17) is 0 Å². The number of nitrogens with one attached hydrogen (secondary N) is 1. The van der Waals surface area contributed by atoms with Crippen molar-refractivity contribution in [2.24, 2.45) is 5.41 Å². The number of aliphatic carboxylic acids is 1. The lowest BCUT2D eigenvalue weighted by Crippen LogP contribution is -2.45. The predicted molar refractivity (Wildman–Crippen MR) is 64.7 cm³/mol. The lowest BCUT2D eigenvalue weighted by atomic mass is 9.84. The maximum Gasteiger partial charge on any atom is 0.310 e. The van der Waals surface area contributed by atoms with Gasteiger partial charge in [0.25, 0.3) is 0 Å². The first-order valence-electron chi connectivity index (χ1n) is 6.22. The zero-order chi connectivity index (χ0) is 13.1. The van der Waals surface area contributed by atoms with Crippen molar-refractivity contribution in [3.8, 4) is 0 Å². The summed E-state index contributed by atoms with van der Waals surface area (Å²) in [5.41, 5.74) is -0.666. The summed E-state index contributed by atoms with van der Waals surface area (Å²) < 4.78 is 0. The van der Waals surface area contributed by atoms with Crippen molar-refractivity contribution in [1.29, 1.82) is 0 Å². The van der Waals surface area contributed by atoms with Crippen molar-refractivity contribution in [1.82, 2.24) is 10.2 Å². The molecule has 1 saturated heterocycles. The molecule has 0 aromatic rings. The van der Waals surface area contributed by atoms with E-state index in [0.29, 0.717) is 32.5 Å². The largest absolute Gasteiger partial charge is 0.481 e. The van der Waals surface area contributed by atoms with Crippen LogP contribution < -0.4 is 5.32 Å². The summed E-state index contributed by atoms with van der Waals surface area (Å²) in [6.45, 7) is 7.36.